The number of rotatable bonds is 2. The van der Waals surface area contributed by atoms with Crippen molar-refractivity contribution in [1.29, 1.82) is 0 Å². The highest BCUT2D eigenvalue weighted by atomic mass is 16.2. The van der Waals surface area contributed by atoms with Crippen molar-refractivity contribution in [2.24, 2.45) is 5.92 Å². The first kappa shape index (κ1) is 12.4. The van der Waals surface area contributed by atoms with Crippen LogP contribution in [0.1, 0.15) is 23.6 Å². The van der Waals surface area contributed by atoms with Gasteiger partial charge in [0.1, 0.15) is 5.69 Å². The highest BCUT2D eigenvalue weighted by molar-refractivity contribution is 5.57. The van der Waals surface area contributed by atoms with Crippen LogP contribution in [0, 0.1) is 25.2 Å². The number of nitrogens with one attached hydrogen (secondary N) is 2. The SMILES string of the molecule is C#C[C@H]1C[C@@H]1c1cc(-c2c[nH]c(=O)[nH]c2=O)nnc1C. The van der Waals surface area contributed by atoms with Gasteiger partial charge in [0.2, 0.25) is 0 Å². The Morgan fingerprint density at radius 1 is 1.40 bits per heavy atom. The summed E-state index contributed by atoms with van der Waals surface area (Å²) in [6, 6.07) is 1.83. The van der Waals surface area contributed by atoms with E-state index in [4.69, 9.17) is 6.42 Å². The fourth-order valence-electron chi connectivity index (χ4n) is 2.30. The number of terminal acetylenes is 1. The van der Waals surface area contributed by atoms with Crippen LogP contribution < -0.4 is 11.2 Å². The van der Waals surface area contributed by atoms with E-state index in [1.807, 2.05) is 13.0 Å². The number of aromatic amines is 2. The third-order valence-electron chi connectivity index (χ3n) is 3.52. The fraction of sp³-hybridized carbons (Fsp3) is 0.286. The van der Waals surface area contributed by atoms with Crippen molar-refractivity contribution in [2.75, 3.05) is 0 Å². The van der Waals surface area contributed by atoms with E-state index in [1.165, 1.54) is 6.20 Å². The van der Waals surface area contributed by atoms with Crippen molar-refractivity contribution in [3.63, 3.8) is 0 Å². The van der Waals surface area contributed by atoms with E-state index < -0.39 is 11.2 Å². The van der Waals surface area contributed by atoms with E-state index in [-0.39, 0.29) is 17.4 Å². The first-order valence-electron chi connectivity index (χ1n) is 6.23. The van der Waals surface area contributed by atoms with Crippen molar-refractivity contribution in [3.8, 4) is 23.6 Å². The van der Waals surface area contributed by atoms with Gasteiger partial charge in [0.15, 0.2) is 0 Å². The lowest BCUT2D eigenvalue weighted by atomic mass is 10.1. The molecule has 2 N–H and O–H groups in total. The molecule has 2 aromatic heterocycles. The van der Waals surface area contributed by atoms with E-state index in [0.29, 0.717) is 5.69 Å². The van der Waals surface area contributed by atoms with Gasteiger partial charge in [-0.25, -0.2) is 4.79 Å². The van der Waals surface area contributed by atoms with Crippen LogP contribution in [-0.2, 0) is 0 Å². The molecule has 20 heavy (non-hydrogen) atoms. The second-order valence-electron chi connectivity index (χ2n) is 4.87. The highest BCUT2D eigenvalue weighted by Gasteiger charge is 2.38. The van der Waals surface area contributed by atoms with Crippen molar-refractivity contribution < 1.29 is 0 Å². The number of H-pyrrole nitrogens is 2. The van der Waals surface area contributed by atoms with E-state index >= 15 is 0 Å². The van der Waals surface area contributed by atoms with Gasteiger partial charge >= 0.3 is 5.69 Å². The van der Waals surface area contributed by atoms with Crippen LogP contribution in [0.15, 0.2) is 21.9 Å². The van der Waals surface area contributed by atoms with Gasteiger partial charge in [-0.05, 0) is 25.0 Å². The number of nitrogens with zero attached hydrogens (tertiary/aromatic N) is 2. The highest BCUT2D eigenvalue weighted by Crippen LogP contribution is 2.47. The molecule has 0 aromatic carbocycles. The Kier molecular flexibility index (Phi) is 2.75. The molecule has 0 unspecified atom stereocenters. The second kappa shape index (κ2) is 4.46. The largest absolute Gasteiger partial charge is 0.325 e. The van der Waals surface area contributed by atoms with Gasteiger partial charge in [0.05, 0.1) is 11.3 Å². The smallest absolute Gasteiger partial charge is 0.313 e. The Bertz CT molecular complexity index is 828. The second-order valence-corrected chi connectivity index (χ2v) is 4.87. The third-order valence-corrected chi connectivity index (χ3v) is 3.52. The van der Waals surface area contributed by atoms with Gasteiger partial charge in [0, 0.05) is 18.0 Å². The van der Waals surface area contributed by atoms with Crippen molar-refractivity contribution >= 4 is 0 Å². The molecule has 2 aromatic rings. The van der Waals surface area contributed by atoms with Gasteiger partial charge in [-0.2, -0.15) is 5.10 Å². The minimum atomic E-state index is -0.548. The van der Waals surface area contributed by atoms with Gasteiger partial charge in [-0.15, -0.1) is 17.4 Å². The zero-order valence-corrected chi connectivity index (χ0v) is 10.8. The lowest BCUT2D eigenvalue weighted by Gasteiger charge is -2.05. The Morgan fingerprint density at radius 3 is 2.85 bits per heavy atom. The van der Waals surface area contributed by atoms with Crippen LogP contribution in [0.25, 0.3) is 11.3 Å². The molecule has 0 saturated heterocycles. The first-order chi connectivity index (χ1) is 9.60. The molecule has 100 valence electrons. The Balaban J connectivity index is 2.08. The van der Waals surface area contributed by atoms with Crippen LogP contribution in [0.3, 0.4) is 0 Å². The van der Waals surface area contributed by atoms with Crippen molar-refractivity contribution in [2.45, 2.75) is 19.3 Å². The molecule has 2 atom stereocenters. The fourth-order valence-corrected chi connectivity index (χ4v) is 2.30. The summed E-state index contributed by atoms with van der Waals surface area (Å²) in [4.78, 5) is 27.4. The molecule has 1 aliphatic carbocycles. The molecule has 2 heterocycles. The number of aryl methyl sites for hydroxylation is 1. The van der Waals surface area contributed by atoms with Gasteiger partial charge < -0.3 is 4.98 Å². The zero-order chi connectivity index (χ0) is 14.3. The molecule has 1 fully saturated rings. The predicted molar refractivity (Wildman–Crippen MR) is 73.1 cm³/mol. The van der Waals surface area contributed by atoms with E-state index in [0.717, 1.165) is 17.7 Å². The molecule has 0 aliphatic heterocycles. The summed E-state index contributed by atoms with van der Waals surface area (Å²) in [5, 5.41) is 8.10. The van der Waals surface area contributed by atoms with Crippen LogP contribution >= 0.6 is 0 Å². The molecule has 1 aliphatic rings. The molecule has 0 radical (unpaired) electrons. The van der Waals surface area contributed by atoms with E-state index in [9.17, 15) is 9.59 Å². The van der Waals surface area contributed by atoms with Crippen molar-refractivity contribution in [1.82, 2.24) is 20.2 Å². The normalized spacial score (nSPS) is 20.4. The maximum absolute atomic E-state index is 11.8. The van der Waals surface area contributed by atoms with Crippen LogP contribution in [0.2, 0.25) is 0 Å². The number of hydrogen-bond acceptors (Lipinski definition) is 4. The molecule has 1 saturated carbocycles. The van der Waals surface area contributed by atoms with E-state index in [1.54, 1.807) is 0 Å². The molecular weight excluding hydrogens is 256 g/mol. The zero-order valence-electron chi connectivity index (χ0n) is 10.8. The van der Waals surface area contributed by atoms with Gasteiger partial charge in [0.25, 0.3) is 5.56 Å². The summed E-state index contributed by atoms with van der Waals surface area (Å²) in [5.41, 5.74) is 1.53. The standard InChI is InChI=1S/C14H12N4O2/c1-3-8-4-10(8)9-5-12(18-17-7(9)2)11-6-15-14(20)16-13(11)19/h1,5-6,8,10H,4H2,2H3,(H2,15,16,19,20)/t8-,10-/m0/s1. The topological polar surface area (TPSA) is 91.5 Å². The van der Waals surface area contributed by atoms with Crippen LogP contribution in [0.5, 0.6) is 0 Å². The maximum Gasteiger partial charge on any atom is 0.325 e. The van der Waals surface area contributed by atoms with E-state index in [2.05, 4.69) is 26.1 Å². The molecule has 6 nitrogen and oxygen atoms in total. The summed E-state index contributed by atoms with van der Waals surface area (Å²) in [7, 11) is 0. The van der Waals surface area contributed by atoms with Crippen molar-refractivity contribution in [3.05, 3.63) is 44.4 Å². The summed E-state index contributed by atoms with van der Waals surface area (Å²) >= 11 is 0. The monoisotopic (exact) mass is 268 g/mol. The van der Waals surface area contributed by atoms with Crippen LogP contribution in [-0.4, -0.2) is 20.2 Å². The number of hydrogen-bond donors (Lipinski definition) is 2. The summed E-state index contributed by atoms with van der Waals surface area (Å²) in [6.07, 6.45) is 7.70. The molecule has 0 amide bonds. The Morgan fingerprint density at radius 2 is 2.20 bits per heavy atom. The molecule has 0 spiro atoms. The molecule has 3 rings (SSSR count). The van der Waals surface area contributed by atoms with Gasteiger partial charge in [-0.3, -0.25) is 9.78 Å². The molecule has 6 heteroatoms. The average Bonchev–Trinajstić information content (AvgIpc) is 3.19. The predicted octanol–water partition coefficient (Wildman–Crippen LogP) is 0.565. The lowest BCUT2D eigenvalue weighted by molar-refractivity contribution is 0.912. The Hall–Kier alpha value is -2.68. The maximum atomic E-state index is 11.8. The first-order valence-corrected chi connectivity index (χ1v) is 6.23. The minimum Gasteiger partial charge on any atom is -0.313 e. The number of aromatic nitrogens is 4. The minimum absolute atomic E-state index is 0.236. The van der Waals surface area contributed by atoms with Gasteiger partial charge in [-0.1, -0.05) is 0 Å². The summed E-state index contributed by atoms with van der Waals surface area (Å²) < 4.78 is 0. The molecule has 0 bridgehead atoms. The molecular formula is C14H12N4O2. The average molecular weight is 268 g/mol. The van der Waals surface area contributed by atoms with Crippen LogP contribution in [0.4, 0.5) is 0 Å². The summed E-state index contributed by atoms with van der Waals surface area (Å²) in [6.45, 7) is 1.87. The lowest BCUT2D eigenvalue weighted by Crippen LogP contribution is -2.23. The quantitative estimate of drug-likeness (QED) is 0.779. The third kappa shape index (κ3) is 2.03. The summed E-state index contributed by atoms with van der Waals surface area (Å²) in [5.74, 6) is 3.25. The Labute approximate surface area is 114 Å².